The van der Waals surface area contributed by atoms with Gasteiger partial charge in [0.05, 0.1) is 12.3 Å². The Kier molecular flexibility index (Phi) is 7.96. The SMILES string of the molecule is CCCC[C@H]1CC[C@H](CCc2ccc(-c3ccc(OCC)nn3)c(F)c2F)CC1. The van der Waals surface area contributed by atoms with Crippen LogP contribution in [0, 0.1) is 23.5 Å². The molecule has 0 spiro atoms. The summed E-state index contributed by atoms with van der Waals surface area (Å²) in [5.41, 5.74) is 0.901. The second kappa shape index (κ2) is 10.7. The lowest BCUT2D eigenvalue weighted by Crippen LogP contribution is -2.15. The van der Waals surface area contributed by atoms with Gasteiger partial charge in [-0.05, 0) is 49.3 Å². The minimum atomic E-state index is -0.843. The van der Waals surface area contributed by atoms with Gasteiger partial charge in [0.15, 0.2) is 11.6 Å². The Hall–Kier alpha value is -2.04. The molecular formula is C24H32F2N2O. The zero-order valence-corrected chi connectivity index (χ0v) is 17.6. The van der Waals surface area contributed by atoms with Crippen molar-refractivity contribution in [3.63, 3.8) is 0 Å². The zero-order chi connectivity index (χ0) is 20.6. The monoisotopic (exact) mass is 402 g/mol. The quantitative estimate of drug-likeness (QED) is 0.465. The van der Waals surface area contributed by atoms with E-state index in [9.17, 15) is 8.78 Å². The van der Waals surface area contributed by atoms with E-state index in [4.69, 9.17) is 4.74 Å². The third-order valence-corrected chi connectivity index (χ3v) is 6.12. The molecule has 1 aliphatic rings. The Morgan fingerprint density at radius 3 is 2.24 bits per heavy atom. The standard InChI is InChI=1S/C24H32F2N2O/c1-3-5-6-17-7-9-18(10-8-17)11-12-19-13-14-20(24(26)23(19)25)21-15-16-22(28-27-21)29-4-2/h13-18H,3-12H2,1-2H3/t17-,18-. The van der Waals surface area contributed by atoms with Crippen LogP contribution in [0.5, 0.6) is 5.88 Å². The fourth-order valence-corrected chi connectivity index (χ4v) is 4.33. The van der Waals surface area contributed by atoms with Crippen LogP contribution in [0.4, 0.5) is 8.78 Å². The smallest absolute Gasteiger partial charge is 0.233 e. The molecule has 1 aliphatic carbocycles. The molecule has 3 nitrogen and oxygen atoms in total. The number of halogens is 2. The second-order valence-electron chi connectivity index (χ2n) is 8.16. The normalized spacial score (nSPS) is 19.3. The summed E-state index contributed by atoms with van der Waals surface area (Å²) < 4.78 is 34.6. The molecule has 0 unspecified atom stereocenters. The van der Waals surface area contributed by atoms with Gasteiger partial charge in [-0.15, -0.1) is 10.2 Å². The van der Waals surface area contributed by atoms with Gasteiger partial charge in [-0.3, -0.25) is 0 Å². The van der Waals surface area contributed by atoms with Gasteiger partial charge in [0.2, 0.25) is 5.88 Å². The summed E-state index contributed by atoms with van der Waals surface area (Å²) in [5, 5.41) is 7.86. The van der Waals surface area contributed by atoms with E-state index in [1.807, 2.05) is 6.92 Å². The summed E-state index contributed by atoms with van der Waals surface area (Å²) in [7, 11) is 0. The van der Waals surface area contributed by atoms with Gasteiger partial charge in [0.25, 0.3) is 0 Å². The topological polar surface area (TPSA) is 35.0 Å². The number of benzene rings is 1. The molecule has 0 atom stereocenters. The molecular weight excluding hydrogens is 370 g/mol. The molecule has 1 aromatic heterocycles. The Bertz CT molecular complexity index is 771. The summed E-state index contributed by atoms with van der Waals surface area (Å²) >= 11 is 0. The van der Waals surface area contributed by atoms with E-state index < -0.39 is 11.6 Å². The fraction of sp³-hybridized carbons (Fsp3) is 0.583. The Morgan fingerprint density at radius 2 is 1.62 bits per heavy atom. The average molecular weight is 403 g/mol. The van der Waals surface area contributed by atoms with Crippen LogP contribution in [-0.4, -0.2) is 16.8 Å². The lowest BCUT2D eigenvalue weighted by molar-refractivity contribution is 0.249. The van der Waals surface area contributed by atoms with E-state index >= 15 is 0 Å². The first-order valence-corrected chi connectivity index (χ1v) is 11.1. The maximum atomic E-state index is 14.7. The van der Waals surface area contributed by atoms with Crippen molar-refractivity contribution in [3.05, 3.63) is 41.5 Å². The van der Waals surface area contributed by atoms with Crippen LogP contribution in [0.1, 0.15) is 70.8 Å². The molecule has 1 saturated carbocycles. The van der Waals surface area contributed by atoms with Crippen molar-refractivity contribution < 1.29 is 13.5 Å². The number of aromatic nitrogens is 2. The summed E-state index contributed by atoms with van der Waals surface area (Å²) in [6.45, 7) is 4.57. The first-order valence-electron chi connectivity index (χ1n) is 11.1. The van der Waals surface area contributed by atoms with E-state index in [1.165, 1.54) is 44.9 Å². The zero-order valence-electron chi connectivity index (χ0n) is 17.6. The number of aryl methyl sites for hydroxylation is 1. The molecule has 0 radical (unpaired) electrons. The predicted molar refractivity (Wildman–Crippen MR) is 112 cm³/mol. The molecule has 0 bridgehead atoms. The number of hydrogen-bond donors (Lipinski definition) is 0. The molecule has 0 amide bonds. The van der Waals surface area contributed by atoms with E-state index in [-0.39, 0.29) is 5.56 Å². The average Bonchev–Trinajstić information content (AvgIpc) is 2.75. The van der Waals surface area contributed by atoms with Crippen LogP contribution in [-0.2, 0) is 6.42 Å². The largest absolute Gasteiger partial charge is 0.477 e. The van der Waals surface area contributed by atoms with Gasteiger partial charge in [0.1, 0.15) is 0 Å². The van der Waals surface area contributed by atoms with Gasteiger partial charge in [-0.2, -0.15) is 0 Å². The Morgan fingerprint density at radius 1 is 0.897 bits per heavy atom. The van der Waals surface area contributed by atoms with Gasteiger partial charge < -0.3 is 4.74 Å². The van der Waals surface area contributed by atoms with Gasteiger partial charge in [0, 0.05) is 11.6 Å². The van der Waals surface area contributed by atoms with E-state index in [0.717, 1.165) is 12.3 Å². The molecule has 5 heteroatoms. The molecule has 1 aromatic carbocycles. The molecule has 1 heterocycles. The van der Waals surface area contributed by atoms with E-state index in [0.29, 0.717) is 36.1 Å². The Labute approximate surface area is 172 Å². The molecule has 29 heavy (non-hydrogen) atoms. The summed E-state index contributed by atoms with van der Waals surface area (Å²) in [5.74, 6) is 0.277. The fourth-order valence-electron chi connectivity index (χ4n) is 4.33. The van der Waals surface area contributed by atoms with Crippen LogP contribution < -0.4 is 4.74 Å². The maximum absolute atomic E-state index is 14.7. The lowest BCUT2D eigenvalue weighted by Gasteiger charge is -2.28. The molecule has 0 N–H and O–H groups in total. The van der Waals surface area contributed by atoms with Crippen molar-refractivity contribution in [3.8, 4) is 17.1 Å². The van der Waals surface area contributed by atoms with Gasteiger partial charge in [-0.25, -0.2) is 8.78 Å². The molecule has 158 valence electrons. The highest BCUT2D eigenvalue weighted by Gasteiger charge is 2.22. The third-order valence-electron chi connectivity index (χ3n) is 6.12. The van der Waals surface area contributed by atoms with Crippen LogP contribution in [0.25, 0.3) is 11.3 Å². The minimum Gasteiger partial charge on any atom is -0.477 e. The highest BCUT2D eigenvalue weighted by atomic mass is 19.2. The maximum Gasteiger partial charge on any atom is 0.233 e. The van der Waals surface area contributed by atoms with Crippen molar-refractivity contribution in [2.24, 2.45) is 11.8 Å². The number of ether oxygens (including phenoxy) is 1. The summed E-state index contributed by atoms with van der Waals surface area (Å²) in [6.07, 6.45) is 10.5. The minimum absolute atomic E-state index is 0.137. The number of nitrogens with zero attached hydrogens (tertiary/aromatic N) is 2. The summed E-state index contributed by atoms with van der Waals surface area (Å²) in [6, 6.07) is 6.53. The molecule has 0 saturated heterocycles. The lowest BCUT2D eigenvalue weighted by atomic mass is 9.78. The highest BCUT2D eigenvalue weighted by molar-refractivity contribution is 5.60. The first kappa shape index (κ1) is 21.7. The Balaban J connectivity index is 1.58. The third kappa shape index (κ3) is 5.74. The molecule has 3 rings (SSSR count). The summed E-state index contributed by atoms with van der Waals surface area (Å²) in [4.78, 5) is 0. The van der Waals surface area contributed by atoms with Crippen molar-refractivity contribution in [1.82, 2.24) is 10.2 Å². The second-order valence-corrected chi connectivity index (χ2v) is 8.16. The van der Waals surface area contributed by atoms with Crippen molar-refractivity contribution in [1.29, 1.82) is 0 Å². The van der Waals surface area contributed by atoms with E-state index in [2.05, 4.69) is 17.1 Å². The van der Waals surface area contributed by atoms with Crippen LogP contribution >= 0.6 is 0 Å². The molecule has 1 fully saturated rings. The molecule has 2 aromatic rings. The van der Waals surface area contributed by atoms with Crippen molar-refractivity contribution >= 4 is 0 Å². The number of hydrogen-bond acceptors (Lipinski definition) is 3. The number of unbranched alkanes of at least 4 members (excludes halogenated alkanes) is 1. The number of rotatable bonds is 9. The van der Waals surface area contributed by atoms with Crippen molar-refractivity contribution in [2.45, 2.75) is 71.6 Å². The van der Waals surface area contributed by atoms with Gasteiger partial charge >= 0.3 is 0 Å². The van der Waals surface area contributed by atoms with Gasteiger partial charge in [-0.1, -0.05) is 57.9 Å². The van der Waals surface area contributed by atoms with Crippen molar-refractivity contribution in [2.75, 3.05) is 6.61 Å². The highest BCUT2D eigenvalue weighted by Crippen LogP contribution is 2.35. The first-order chi connectivity index (χ1) is 14.1. The van der Waals surface area contributed by atoms with Crippen LogP contribution in [0.2, 0.25) is 0 Å². The van der Waals surface area contributed by atoms with E-state index in [1.54, 1.807) is 24.3 Å². The predicted octanol–water partition coefficient (Wildman–Crippen LogP) is 6.75. The van der Waals surface area contributed by atoms with Crippen LogP contribution in [0.3, 0.4) is 0 Å². The van der Waals surface area contributed by atoms with Crippen LogP contribution in [0.15, 0.2) is 24.3 Å². The molecule has 0 aliphatic heterocycles.